The molecule has 0 saturated carbocycles. The second-order valence-electron chi connectivity index (χ2n) is 8.20. The highest BCUT2D eigenvalue weighted by atomic mass is 16.7. The van der Waals surface area contributed by atoms with Crippen LogP contribution in [0.1, 0.15) is 53.5 Å². The van der Waals surface area contributed by atoms with E-state index in [0.29, 0.717) is 0 Å². The molecule has 0 amide bonds. The second-order valence-corrected chi connectivity index (χ2v) is 8.20. The van der Waals surface area contributed by atoms with Crippen molar-refractivity contribution in [1.29, 1.82) is 0 Å². The molecule has 0 radical (unpaired) electrons. The standard InChI is InChI=1S/C24H30BNO2/c1-7-9-12-18(8-2)19-15-20(22-13-10-11-14-26-22)17-21(16-19)25-27-23(3,4)24(5,6)28-25/h8-17H,7H2,1-6H3/b12-9-,18-8+. The third kappa shape index (κ3) is 4.13. The minimum Gasteiger partial charge on any atom is -0.399 e. The molecule has 0 bridgehead atoms. The van der Waals surface area contributed by atoms with E-state index in [-0.39, 0.29) is 11.2 Å². The van der Waals surface area contributed by atoms with Gasteiger partial charge in [-0.15, -0.1) is 0 Å². The van der Waals surface area contributed by atoms with Crippen LogP contribution in [0.4, 0.5) is 0 Å². The molecule has 4 heteroatoms. The van der Waals surface area contributed by atoms with Gasteiger partial charge in [-0.3, -0.25) is 4.98 Å². The Kier molecular flexibility index (Phi) is 5.92. The van der Waals surface area contributed by atoms with E-state index in [2.05, 4.69) is 83.0 Å². The van der Waals surface area contributed by atoms with Crippen LogP contribution in [0.25, 0.3) is 16.8 Å². The second kappa shape index (κ2) is 8.06. The Labute approximate surface area is 169 Å². The van der Waals surface area contributed by atoms with Crippen LogP contribution in [-0.2, 0) is 9.31 Å². The SMILES string of the molecule is C/C=C(\C=C/CC)c1cc(B2OC(C)(C)C(C)(C)O2)cc(-c2ccccn2)c1. The smallest absolute Gasteiger partial charge is 0.399 e. The molecule has 2 aromatic rings. The molecule has 1 aromatic carbocycles. The largest absolute Gasteiger partial charge is 0.494 e. The van der Waals surface area contributed by atoms with E-state index in [1.165, 1.54) is 5.57 Å². The van der Waals surface area contributed by atoms with Crippen molar-refractivity contribution < 1.29 is 9.31 Å². The van der Waals surface area contributed by atoms with Gasteiger partial charge < -0.3 is 9.31 Å². The van der Waals surface area contributed by atoms with Gasteiger partial charge in [-0.1, -0.05) is 43.4 Å². The summed E-state index contributed by atoms with van der Waals surface area (Å²) in [7, 11) is -0.402. The average molecular weight is 375 g/mol. The molecule has 1 aromatic heterocycles. The number of pyridine rings is 1. The molecule has 0 spiro atoms. The van der Waals surface area contributed by atoms with E-state index in [1.54, 1.807) is 0 Å². The summed E-state index contributed by atoms with van der Waals surface area (Å²) in [4.78, 5) is 4.54. The molecule has 0 aliphatic carbocycles. The molecule has 0 unspecified atom stereocenters. The zero-order valence-corrected chi connectivity index (χ0v) is 17.8. The summed E-state index contributed by atoms with van der Waals surface area (Å²) >= 11 is 0. The Hall–Kier alpha value is -2.17. The van der Waals surface area contributed by atoms with Crippen LogP contribution < -0.4 is 5.46 Å². The van der Waals surface area contributed by atoms with Crippen molar-refractivity contribution in [3.8, 4) is 11.3 Å². The van der Waals surface area contributed by atoms with E-state index in [1.807, 2.05) is 24.4 Å². The van der Waals surface area contributed by atoms with E-state index in [9.17, 15) is 0 Å². The molecule has 3 nitrogen and oxygen atoms in total. The van der Waals surface area contributed by atoms with Crippen LogP contribution >= 0.6 is 0 Å². The summed E-state index contributed by atoms with van der Waals surface area (Å²) in [6, 6.07) is 12.5. The van der Waals surface area contributed by atoms with E-state index < -0.39 is 7.12 Å². The molecule has 1 fully saturated rings. The Morgan fingerprint density at radius 3 is 2.36 bits per heavy atom. The molecule has 1 aliphatic heterocycles. The van der Waals surface area contributed by atoms with Crippen LogP contribution in [0, 0.1) is 0 Å². The first-order valence-electron chi connectivity index (χ1n) is 10.0. The number of hydrogen-bond acceptors (Lipinski definition) is 3. The molecular weight excluding hydrogens is 345 g/mol. The zero-order valence-electron chi connectivity index (χ0n) is 17.8. The van der Waals surface area contributed by atoms with E-state index in [4.69, 9.17) is 9.31 Å². The number of nitrogens with zero attached hydrogens (tertiary/aromatic N) is 1. The molecule has 1 saturated heterocycles. The van der Waals surface area contributed by atoms with Crippen molar-refractivity contribution in [3.05, 3.63) is 66.4 Å². The lowest BCUT2D eigenvalue weighted by molar-refractivity contribution is 0.00578. The molecule has 2 heterocycles. The van der Waals surface area contributed by atoms with Crippen molar-refractivity contribution in [2.45, 2.75) is 59.2 Å². The highest BCUT2D eigenvalue weighted by molar-refractivity contribution is 6.62. The molecule has 146 valence electrons. The summed E-state index contributed by atoms with van der Waals surface area (Å²) in [6.07, 6.45) is 9.31. The van der Waals surface area contributed by atoms with Crippen LogP contribution in [0.2, 0.25) is 0 Å². The maximum atomic E-state index is 6.31. The van der Waals surface area contributed by atoms with Gasteiger partial charge in [0.2, 0.25) is 0 Å². The molecule has 3 rings (SSSR count). The lowest BCUT2D eigenvalue weighted by Crippen LogP contribution is -2.41. The third-order valence-electron chi connectivity index (χ3n) is 5.62. The summed E-state index contributed by atoms with van der Waals surface area (Å²) in [5.41, 5.74) is 4.59. The number of rotatable bonds is 5. The summed E-state index contributed by atoms with van der Waals surface area (Å²) in [5.74, 6) is 0. The van der Waals surface area contributed by atoms with Crippen LogP contribution in [0.3, 0.4) is 0 Å². The van der Waals surface area contributed by atoms with Crippen molar-refractivity contribution >= 4 is 18.2 Å². The van der Waals surface area contributed by atoms with Crippen LogP contribution in [0.5, 0.6) is 0 Å². The van der Waals surface area contributed by atoms with Crippen LogP contribution in [0.15, 0.2) is 60.8 Å². The molecular formula is C24H30BNO2. The lowest BCUT2D eigenvalue weighted by Gasteiger charge is -2.32. The van der Waals surface area contributed by atoms with Gasteiger partial charge in [0, 0.05) is 11.8 Å². The first-order chi connectivity index (χ1) is 13.3. The fraction of sp³-hybridized carbons (Fsp3) is 0.375. The summed E-state index contributed by atoms with van der Waals surface area (Å²) in [5, 5.41) is 0. The number of aromatic nitrogens is 1. The van der Waals surface area contributed by atoms with Crippen molar-refractivity contribution in [1.82, 2.24) is 4.98 Å². The quantitative estimate of drug-likeness (QED) is 0.517. The van der Waals surface area contributed by atoms with Gasteiger partial charge in [0.15, 0.2) is 0 Å². The Bertz CT molecular complexity index is 869. The van der Waals surface area contributed by atoms with Gasteiger partial charge in [0.1, 0.15) is 0 Å². The Morgan fingerprint density at radius 1 is 1.07 bits per heavy atom. The van der Waals surface area contributed by atoms with Gasteiger partial charge >= 0.3 is 7.12 Å². The van der Waals surface area contributed by atoms with Gasteiger partial charge in [-0.2, -0.15) is 0 Å². The van der Waals surface area contributed by atoms with E-state index >= 15 is 0 Å². The van der Waals surface area contributed by atoms with Gasteiger partial charge in [-0.25, -0.2) is 0 Å². The molecule has 1 aliphatic rings. The predicted molar refractivity (Wildman–Crippen MR) is 118 cm³/mol. The van der Waals surface area contributed by atoms with Crippen LogP contribution in [-0.4, -0.2) is 23.3 Å². The fourth-order valence-electron chi connectivity index (χ4n) is 3.22. The molecule has 0 N–H and O–H groups in total. The maximum Gasteiger partial charge on any atom is 0.494 e. The first kappa shape index (κ1) is 20.6. The zero-order chi connectivity index (χ0) is 20.4. The highest BCUT2D eigenvalue weighted by Gasteiger charge is 2.51. The summed E-state index contributed by atoms with van der Waals surface area (Å²) in [6.45, 7) is 12.5. The number of benzene rings is 1. The summed E-state index contributed by atoms with van der Waals surface area (Å²) < 4.78 is 12.6. The normalized spacial score (nSPS) is 18.8. The average Bonchev–Trinajstić information content (AvgIpc) is 2.90. The topological polar surface area (TPSA) is 31.4 Å². The fourth-order valence-corrected chi connectivity index (χ4v) is 3.22. The highest BCUT2D eigenvalue weighted by Crippen LogP contribution is 2.37. The Morgan fingerprint density at radius 2 is 1.79 bits per heavy atom. The van der Waals surface area contributed by atoms with E-state index in [0.717, 1.165) is 28.7 Å². The minimum atomic E-state index is -0.402. The van der Waals surface area contributed by atoms with Gasteiger partial charge in [0.05, 0.1) is 16.9 Å². The number of hydrogen-bond donors (Lipinski definition) is 0. The maximum absolute atomic E-state index is 6.31. The lowest BCUT2D eigenvalue weighted by atomic mass is 9.76. The van der Waals surface area contributed by atoms with Crippen molar-refractivity contribution in [3.63, 3.8) is 0 Å². The van der Waals surface area contributed by atoms with Crippen molar-refractivity contribution in [2.24, 2.45) is 0 Å². The predicted octanol–water partition coefficient (Wildman–Crippen LogP) is 5.42. The monoisotopic (exact) mass is 375 g/mol. The van der Waals surface area contributed by atoms with Gasteiger partial charge in [-0.05, 0) is 75.8 Å². The molecule has 0 atom stereocenters. The van der Waals surface area contributed by atoms with Crippen molar-refractivity contribution in [2.75, 3.05) is 0 Å². The minimum absolute atomic E-state index is 0.371. The first-order valence-corrected chi connectivity index (χ1v) is 10.0. The molecule has 28 heavy (non-hydrogen) atoms. The number of allylic oxidation sites excluding steroid dienone is 4. The third-order valence-corrected chi connectivity index (χ3v) is 5.62. The Balaban J connectivity index is 2.10. The van der Waals surface area contributed by atoms with Gasteiger partial charge in [0.25, 0.3) is 0 Å².